The van der Waals surface area contributed by atoms with Gasteiger partial charge in [-0.05, 0) is 29.8 Å². The number of benzene rings is 2. The highest BCUT2D eigenvalue weighted by molar-refractivity contribution is 7.91. The van der Waals surface area contributed by atoms with Crippen LogP contribution in [0.3, 0.4) is 0 Å². The number of sulfone groups is 1. The molecule has 0 saturated heterocycles. The summed E-state index contributed by atoms with van der Waals surface area (Å²) in [5, 5.41) is 2.82. The van der Waals surface area contributed by atoms with Crippen molar-refractivity contribution >= 4 is 15.8 Å². The smallest absolute Gasteiger partial charge is 0.188 e. The largest absolute Gasteiger partial charge is 0.493 e. The van der Waals surface area contributed by atoms with Gasteiger partial charge in [-0.15, -0.1) is 0 Å². The third-order valence-corrected chi connectivity index (χ3v) is 5.39. The zero-order chi connectivity index (χ0) is 19.0. The predicted octanol–water partition coefficient (Wildman–Crippen LogP) is 1.58. The zero-order valence-electron chi connectivity index (χ0n) is 14.8. The number of hydrogen-bond donors (Lipinski definition) is 2. The molecule has 0 saturated carbocycles. The lowest BCUT2D eigenvalue weighted by Gasteiger charge is -2.09. The first-order valence-corrected chi connectivity index (χ1v) is 9.64. The van der Waals surface area contributed by atoms with E-state index in [-0.39, 0.29) is 18.3 Å². The average Bonchev–Trinajstić information content (AvgIpc) is 2.66. The normalized spacial score (nSPS) is 11.8. The Morgan fingerprint density at radius 1 is 1.08 bits per heavy atom. The number of nitrogens with one attached hydrogen (secondary N) is 1. The van der Waals surface area contributed by atoms with E-state index in [0.29, 0.717) is 22.9 Å². The van der Waals surface area contributed by atoms with Gasteiger partial charge in [-0.25, -0.2) is 13.4 Å². The van der Waals surface area contributed by atoms with Crippen LogP contribution in [-0.2, 0) is 16.4 Å². The SMILES string of the molecule is COc1ccc(CN=C(N)NCCS(=O)(=O)c2ccccc2)cc1OC. The predicted molar refractivity (Wildman–Crippen MR) is 101 cm³/mol. The van der Waals surface area contributed by atoms with Crippen LogP contribution in [0.1, 0.15) is 5.56 Å². The van der Waals surface area contributed by atoms with Gasteiger partial charge in [0.2, 0.25) is 0 Å². The van der Waals surface area contributed by atoms with Gasteiger partial charge in [0.05, 0.1) is 31.4 Å². The summed E-state index contributed by atoms with van der Waals surface area (Å²) in [5.74, 6) is 1.37. The van der Waals surface area contributed by atoms with Crippen molar-refractivity contribution in [2.24, 2.45) is 10.7 Å². The molecular weight excluding hydrogens is 354 g/mol. The number of aliphatic imine (C=N–C) groups is 1. The summed E-state index contributed by atoms with van der Waals surface area (Å²) in [7, 11) is -0.209. The second-order valence-corrected chi connectivity index (χ2v) is 7.56. The first-order valence-electron chi connectivity index (χ1n) is 7.99. The van der Waals surface area contributed by atoms with Crippen LogP contribution in [0.4, 0.5) is 0 Å². The highest BCUT2D eigenvalue weighted by Crippen LogP contribution is 2.27. The van der Waals surface area contributed by atoms with E-state index >= 15 is 0 Å². The van der Waals surface area contributed by atoms with Gasteiger partial charge in [0.25, 0.3) is 0 Å². The number of methoxy groups -OCH3 is 2. The zero-order valence-corrected chi connectivity index (χ0v) is 15.6. The number of ether oxygens (including phenoxy) is 2. The minimum absolute atomic E-state index is 0.0659. The fourth-order valence-corrected chi connectivity index (χ4v) is 3.45. The second kappa shape index (κ2) is 9.10. The van der Waals surface area contributed by atoms with Crippen LogP contribution in [0.15, 0.2) is 58.4 Å². The third kappa shape index (κ3) is 5.38. The van der Waals surface area contributed by atoms with Gasteiger partial charge >= 0.3 is 0 Å². The lowest BCUT2D eigenvalue weighted by atomic mass is 10.2. The maximum Gasteiger partial charge on any atom is 0.188 e. The molecule has 2 aromatic carbocycles. The van der Waals surface area contributed by atoms with Crippen molar-refractivity contribution in [2.75, 3.05) is 26.5 Å². The Bertz CT molecular complexity index is 852. The highest BCUT2D eigenvalue weighted by Gasteiger charge is 2.13. The van der Waals surface area contributed by atoms with E-state index in [0.717, 1.165) is 5.56 Å². The average molecular weight is 377 g/mol. The van der Waals surface area contributed by atoms with Crippen molar-refractivity contribution in [1.82, 2.24) is 5.32 Å². The molecule has 8 heteroatoms. The van der Waals surface area contributed by atoms with Crippen molar-refractivity contribution in [3.63, 3.8) is 0 Å². The molecule has 0 aliphatic carbocycles. The van der Waals surface area contributed by atoms with Crippen LogP contribution >= 0.6 is 0 Å². The van der Waals surface area contributed by atoms with Crippen molar-refractivity contribution in [3.05, 3.63) is 54.1 Å². The van der Waals surface area contributed by atoms with Crippen LogP contribution in [0.25, 0.3) is 0 Å². The van der Waals surface area contributed by atoms with Gasteiger partial charge in [0, 0.05) is 6.54 Å². The van der Waals surface area contributed by atoms with E-state index in [4.69, 9.17) is 15.2 Å². The number of nitrogens with zero attached hydrogens (tertiary/aromatic N) is 1. The lowest BCUT2D eigenvalue weighted by Crippen LogP contribution is -2.35. The van der Waals surface area contributed by atoms with E-state index in [1.807, 2.05) is 12.1 Å². The van der Waals surface area contributed by atoms with E-state index in [9.17, 15) is 8.42 Å². The topological polar surface area (TPSA) is 103 Å². The third-order valence-electron chi connectivity index (χ3n) is 3.66. The maximum atomic E-state index is 12.2. The molecule has 3 N–H and O–H groups in total. The molecule has 0 heterocycles. The van der Waals surface area contributed by atoms with Gasteiger partial charge in [0.1, 0.15) is 0 Å². The fourth-order valence-electron chi connectivity index (χ4n) is 2.27. The number of hydrogen-bond acceptors (Lipinski definition) is 5. The molecule has 26 heavy (non-hydrogen) atoms. The summed E-state index contributed by atoms with van der Waals surface area (Å²) >= 11 is 0. The number of rotatable bonds is 8. The Kier molecular flexibility index (Phi) is 6.85. The van der Waals surface area contributed by atoms with E-state index in [2.05, 4.69) is 10.3 Å². The molecule has 140 valence electrons. The van der Waals surface area contributed by atoms with Gasteiger partial charge in [-0.2, -0.15) is 0 Å². The summed E-state index contributed by atoms with van der Waals surface area (Å²) < 4.78 is 34.8. The molecule has 0 aromatic heterocycles. The molecule has 7 nitrogen and oxygen atoms in total. The molecule has 0 aliphatic rings. The van der Waals surface area contributed by atoms with Gasteiger partial charge in [0.15, 0.2) is 27.3 Å². The molecule has 0 aliphatic heterocycles. The summed E-state index contributed by atoms with van der Waals surface area (Å²) in [5.41, 5.74) is 6.70. The molecule has 0 radical (unpaired) electrons. The maximum absolute atomic E-state index is 12.2. The molecule has 0 unspecified atom stereocenters. The monoisotopic (exact) mass is 377 g/mol. The first kappa shape index (κ1) is 19.6. The van der Waals surface area contributed by atoms with Crippen LogP contribution in [0.2, 0.25) is 0 Å². The summed E-state index contributed by atoms with van der Waals surface area (Å²) in [6, 6.07) is 13.8. The Balaban J connectivity index is 1.89. The van der Waals surface area contributed by atoms with Gasteiger partial charge in [-0.3, -0.25) is 0 Å². The Labute approximate surface area is 153 Å². The number of nitrogens with two attached hydrogens (primary N) is 1. The van der Waals surface area contributed by atoms with Gasteiger partial charge < -0.3 is 20.5 Å². The van der Waals surface area contributed by atoms with E-state index < -0.39 is 9.84 Å². The van der Waals surface area contributed by atoms with E-state index in [1.54, 1.807) is 50.6 Å². The molecule has 0 amide bonds. The standard InChI is InChI=1S/C18H23N3O4S/c1-24-16-9-8-14(12-17(16)25-2)13-21-18(19)20-10-11-26(22,23)15-6-4-3-5-7-15/h3-9,12H,10-11,13H2,1-2H3,(H3,19,20,21). The molecule has 2 rings (SSSR count). The van der Waals surface area contributed by atoms with Crippen molar-refractivity contribution in [1.29, 1.82) is 0 Å². The van der Waals surface area contributed by atoms with E-state index in [1.165, 1.54) is 0 Å². The second-order valence-electron chi connectivity index (χ2n) is 5.45. The molecule has 0 atom stereocenters. The molecule has 0 spiro atoms. The highest BCUT2D eigenvalue weighted by atomic mass is 32.2. The fraction of sp³-hybridized carbons (Fsp3) is 0.278. The molecule has 2 aromatic rings. The minimum atomic E-state index is -3.34. The lowest BCUT2D eigenvalue weighted by molar-refractivity contribution is 0.354. The summed E-state index contributed by atoms with van der Waals surface area (Å²) in [6.45, 7) is 0.517. The van der Waals surface area contributed by atoms with Crippen molar-refractivity contribution in [2.45, 2.75) is 11.4 Å². The minimum Gasteiger partial charge on any atom is -0.493 e. The Morgan fingerprint density at radius 2 is 1.77 bits per heavy atom. The van der Waals surface area contributed by atoms with Crippen molar-refractivity contribution < 1.29 is 17.9 Å². The van der Waals surface area contributed by atoms with Gasteiger partial charge in [-0.1, -0.05) is 24.3 Å². The summed E-state index contributed by atoms with van der Waals surface area (Å²) in [6.07, 6.45) is 0. The van der Waals surface area contributed by atoms with Crippen LogP contribution in [0.5, 0.6) is 11.5 Å². The Hall–Kier alpha value is -2.74. The number of guanidine groups is 1. The first-order chi connectivity index (χ1) is 12.5. The van der Waals surface area contributed by atoms with Crippen LogP contribution in [-0.4, -0.2) is 40.9 Å². The quantitative estimate of drug-likeness (QED) is 0.535. The molecule has 0 fully saturated rings. The van der Waals surface area contributed by atoms with Crippen LogP contribution in [0, 0.1) is 0 Å². The van der Waals surface area contributed by atoms with Crippen LogP contribution < -0.4 is 20.5 Å². The Morgan fingerprint density at radius 3 is 2.42 bits per heavy atom. The summed E-state index contributed by atoms with van der Waals surface area (Å²) in [4.78, 5) is 4.50. The van der Waals surface area contributed by atoms with Crippen molar-refractivity contribution in [3.8, 4) is 11.5 Å². The molecule has 0 bridgehead atoms. The molecular formula is C18H23N3O4S.